The number of carbonyl (C=O) groups excluding carboxylic acids is 1. The number of fused-ring (bicyclic) bond motifs is 1. The predicted octanol–water partition coefficient (Wildman–Crippen LogP) is 1.84. The molecule has 0 saturated heterocycles. The van der Waals surface area contributed by atoms with Gasteiger partial charge in [0.15, 0.2) is 0 Å². The molecule has 1 amide bonds. The van der Waals surface area contributed by atoms with Gasteiger partial charge in [-0.1, -0.05) is 0 Å². The Hall–Kier alpha value is -3.44. The van der Waals surface area contributed by atoms with Gasteiger partial charge in [-0.15, -0.1) is 0 Å². The highest BCUT2D eigenvalue weighted by Crippen LogP contribution is 2.24. The van der Waals surface area contributed by atoms with Crippen LogP contribution in [-0.4, -0.2) is 72.3 Å². The fourth-order valence-corrected chi connectivity index (χ4v) is 3.01. The van der Waals surface area contributed by atoms with Crippen molar-refractivity contribution in [1.82, 2.24) is 20.3 Å². The standard InChI is InChI=1S/C18H24N6O.C2HF3O2/c1-12-10-20-18(21-11-12)24-7-5-13-9-14(17(25)19-2)16(23(3)4)22-15(13)6-8-24;3-2(4,5)1(6)7/h9-11H,5-8H2,1-4H3,(H,19,25);(H,6,7). The third-order valence-electron chi connectivity index (χ3n) is 4.63. The van der Waals surface area contributed by atoms with Crippen molar-refractivity contribution < 1.29 is 27.9 Å². The Morgan fingerprint density at radius 3 is 2.22 bits per heavy atom. The van der Waals surface area contributed by atoms with Crippen molar-refractivity contribution in [2.75, 3.05) is 44.0 Å². The van der Waals surface area contributed by atoms with E-state index in [1.807, 2.05) is 44.4 Å². The van der Waals surface area contributed by atoms with Crippen LogP contribution in [0.25, 0.3) is 0 Å². The summed E-state index contributed by atoms with van der Waals surface area (Å²) < 4.78 is 31.7. The highest BCUT2D eigenvalue weighted by molar-refractivity contribution is 5.99. The molecule has 0 radical (unpaired) electrons. The number of halogens is 3. The highest BCUT2D eigenvalue weighted by atomic mass is 19.4. The Kier molecular flexibility index (Phi) is 7.95. The van der Waals surface area contributed by atoms with Crippen LogP contribution in [0, 0.1) is 6.92 Å². The Morgan fingerprint density at radius 2 is 1.72 bits per heavy atom. The van der Waals surface area contributed by atoms with E-state index in [0.717, 1.165) is 48.7 Å². The molecule has 0 spiro atoms. The van der Waals surface area contributed by atoms with Crippen molar-refractivity contribution in [2.24, 2.45) is 0 Å². The second-order valence-electron chi connectivity index (χ2n) is 7.29. The molecule has 32 heavy (non-hydrogen) atoms. The number of anilines is 2. The van der Waals surface area contributed by atoms with Crippen LogP contribution in [0.4, 0.5) is 24.9 Å². The van der Waals surface area contributed by atoms with Gasteiger partial charge in [0.25, 0.3) is 5.91 Å². The first-order valence-electron chi connectivity index (χ1n) is 9.70. The summed E-state index contributed by atoms with van der Waals surface area (Å²) in [4.78, 5) is 38.8. The van der Waals surface area contributed by atoms with E-state index in [2.05, 4.69) is 20.2 Å². The molecule has 2 aromatic heterocycles. The lowest BCUT2D eigenvalue weighted by Crippen LogP contribution is -2.27. The van der Waals surface area contributed by atoms with Gasteiger partial charge in [-0.25, -0.2) is 19.7 Å². The number of amides is 1. The number of hydrogen-bond acceptors (Lipinski definition) is 7. The molecule has 3 heterocycles. The van der Waals surface area contributed by atoms with Crippen LogP contribution in [0.1, 0.15) is 27.2 Å². The zero-order valence-corrected chi connectivity index (χ0v) is 18.2. The number of alkyl halides is 3. The van der Waals surface area contributed by atoms with Crippen LogP contribution in [0.2, 0.25) is 0 Å². The summed E-state index contributed by atoms with van der Waals surface area (Å²) in [5.74, 6) is -1.41. The number of aryl methyl sites for hydroxylation is 1. The fraction of sp³-hybridized carbons (Fsp3) is 0.450. The number of aliphatic carboxylic acids is 1. The summed E-state index contributed by atoms with van der Waals surface area (Å²) in [5, 5.41) is 9.83. The van der Waals surface area contributed by atoms with E-state index in [9.17, 15) is 18.0 Å². The van der Waals surface area contributed by atoms with Gasteiger partial charge in [-0.3, -0.25) is 4.79 Å². The maximum atomic E-state index is 12.2. The largest absolute Gasteiger partial charge is 0.490 e. The van der Waals surface area contributed by atoms with E-state index < -0.39 is 12.1 Å². The van der Waals surface area contributed by atoms with E-state index in [4.69, 9.17) is 14.9 Å². The minimum absolute atomic E-state index is 0.109. The molecule has 174 valence electrons. The molecule has 1 aliphatic rings. The lowest BCUT2D eigenvalue weighted by Gasteiger charge is -2.19. The second-order valence-corrected chi connectivity index (χ2v) is 7.29. The van der Waals surface area contributed by atoms with Crippen molar-refractivity contribution in [3.05, 3.63) is 40.8 Å². The van der Waals surface area contributed by atoms with E-state index in [-0.39, 0.29) is 5.91 Å². The Bertz CT molecular complexity index is 964. The van der Waals surface area contributed by atoms with Gasteiger partial charge in [0, 0.05) is 58.7 Å². The summed E-state index contributed by atoms with van der Waals surface area (Å²) in [5.41, 5.74) is 3.84. The van der Waals surface area contributed by atoms with Crippen LogP contribution in [0.15, 0.2) is 18.5 Å². The average molecular weight is 454 g/mol. The monoisotopic (exact) mass is 454 g/mol. The van der Waals surface area contributed by atoms with Crippen molar-refractivity contribution in [2.45, 2.75) is 25.9 Å². The van der Waals surface area contributed by atoms with E-state index in [1.165, 1.54) is 0 Å². The van der Waals surface area contributed by atoms with Gasteiger partial charge in [0.2, 0.25) is 5.95 Å². The van der Waals surface area contributed by atoms with E-state index >= 15 is 0 Å². The second kappa shape index (κ2) is 10.2. The average Bonchev–Trinajstić information content (AvgIpc) is 2.94. The number of carbonyl (C=O) groups is 2. The Labute approximate surface area is 183 Å². The molecule has 9 nitrogen and oxygen atoms in total. The SMILES string of the molecule is CNC(=O)c1cc2c(nc1N(C)C)CCN(c1ncc(C)cn1)CC2.O=C(O)C(F)(F)F. The summed E-state index contributed by atoms with van der Waals surface area (Å²) in [6, 6.07) is 1.98. The smallest absolute Gasteiger partial charge is 0.475 e. The normalized spacial score (nSPS) is 13.3. The van der Waals surface area contributed by atoms with Crippen molar-refractivity contribution in [1.29, 1.82) is 0 Å². The van der Waals surface area contributed by atoms with Crippen LogP contribution in [-0.2, 0) is 17.6 Å². The van der Waals surface area contributed by atoms with Crippen molar-refractivity contribution in [3.8, 4) is 0 Å². The molecular formula is C20H25F3N6O3. The maximum absolute atomic E-state index is 12.2. The molecule has 2 aromatic rings. The lowest BCUT2D eigenvalue weighted by atomic mass is 10.0. The van der Waals surface area contributed by atoms with Crippen molar-refractivity contribution in [3.63, 3.8) is 0 Å². The molecule has 12 heteroatoms. The molecule has 1 aliphatic heterocycles. The predicted molar refractivity (Wildman–Crippen MR) is 112 cm³/mol. The van der Waals surface area contributed by atoms with Gasteiger partial charge >= 0.3 is 12.1 Å². The Morgan fingerprint density at radius 1 is 1.16 bits per heavy atom. The van der Waals surface area contributed by atoms with E-state index in [0.29, 0.717) is 11.4 Å². The molecule has 0 aromatic carbocycles. The summed E-state index contributed by atoms with van der Waals surface area (Å²) in [6.07, 6.45) is 0.220. The van der Waals surface area contributed by atoms with Gasteiger partial charge in [-0.2, -0.15) is 13.2 Å². The number of nitrogens with one attached hydrogen (secondary N) is 1. The van der Waals surface area contributed by atoms with Gasteiger partial charge in [0.05, 0.1) is 5.56 Å². The molecule has 0 unspecified atom stereocenters. The molecule has 0 aliphatic carbocycles. The summed E-state index contributed by atoms with van der Waals surface area (Å²) in [6.45, 7) is 3.61. The van der Waals surface area contributed by atoms with Gasteiger partial charge in [0.1, 0.15) is 5.82 Å². The highest BCUT2D eigenvalue weighted by Gasteiger charge is 2.38. The molecule has 0 bridgehead atoms. The lowest BCUT2D eigenvalue weighted by molar-refractivity contribution is -0.192. The first kappa shape index (κ1) is 24.8. The zero-order valence-electron chi connectivity index (χ0n) is 18.2. The van der Waals surface area contributed by atoms with Crippen molar-refractivity contribution >= 4 is 23.6 Å². The summed E-state index contributed by atoms with van der Waals surface area (Å²) in [7, 11) is 5.46. The molecular weight excluding hydrogens is 429 g/mol. The quantitative estimate of drug-likeness (QED) is 0.723. The van der Waals surface area contributed by atoms with Crippen LogP contribution >= 0.6 is 0 Å². The van der Waals surface area contributed by atoms with Crippen LogP contribution < -0.4 is 15.1 Å². The Balaban J connectivity index is 0.000000451. The number of aromatic nitrogens is 3. The molecule has 0 saturated carbocycles. The summed E-state index contributed by atoms with van der Waals surface area (Å²) >= 11 is 0. The third-order valence-corrected chi connectivity index (χ3v) is 4.63. The van der Waals surface area contributed by atoms with E-state index in [1.54, 1.807) is 7.05 Å². The molecule has 0 fully saturated rings. The number of hydrogen-bond donors (Lipinski definition) is 2. The van der Waals surface area contributed by atoms with Crippen LogP contribution in [0.5, 0.6) is 0 Å². The number of nitrogens with zero attached hydrogens (tertiary/aromatic N) is 5. The molecule has 2 N–H and O–H groups in total. The minimum Gasteiger partial charge on any atom is -0.475 e. The maximum Gasteiger partial charge on any atom is 0.490 e. The third kappa shape index (κ3) is 6.28. The molecule has 3 rings (SSSR count). The minimum atomic E-state index is -5.08. The topological polar surface area (TPSA) is 112 Å². The van der Waals surface area contributed by atoms with Gasteiger partial charge < -0.3 is 20.2 Å². The van der Waals surface area contributed by atoms with Gasteiger partial charge in [-0.05, 0) is 30.5 Å². The number of carboxylic acid groups (broad SMARTS) is 1. The first-order chi connectivity index (χ1) is 14.9. The molecule has 0 atom stereocenters. The number of rotatable bonds is 3. The first-order valence-corrected chi connectivity index (χ1v) is 9.70. The number of pyridine rings is 1. The fourth-order valence-electron chi connectivity index (χ4n) is 3.01. The number of carboxylic acids is 1. The zero-order chi connectivity index (χ0) is 24.1. The van der Waals surface area contributed by atoms with Crippen LogP contribution in [0.3, 0.4) is 0 Å².